The minimum atomic E-state index is 0.746. The highest BCUT2D eigenvalue weighted by atomic mass is 15.0. The molecule has 146 valence electrons. The number of hydrogen-bond donors (Lipinski definition) is 1. The van der Waals surface area contributed by atoms with Gasteiger partial charge in [0.25, 0.3) is 0 Å². The van der Waals surface area contributed by atoms with Gasteiger partial charge in [-0.25, -0.2) is 0 Å². The Hall–Kier alpha value is -2.73. The Kier molecular flexibility index (Phi) is 6.09. The third-order valence-electron chi connectivity index (χ3n) is 5.92. The molecule has 0 fully saturated rings. The van der Waals surface area contributed by atoms with Crippen molar-refractivity contribution in [2.75, 3.05) is 5.73 Å². The molecule has 3 heteroatoms. The fraction of sp³-hybridized carbons (Fsp3) is 0.400. The van der Waals surface area contributed by atoms with Gasteiger partial charge in [-0.2, -0.15) is 5.26 Å². The zero-order valence-electron chi connectivity index (χ0n) is 17.6. The number of nitrogens with two attached hydrogens (primary N) is 1. The average molecular weight is 374 g/mol. The molecule has 0 amide bonds. The SMILES string of the molecule is CCCCCCCn1c(C)c(-c2cccc(N)c2C)c2cc(C#N)c(C)cc21. The standard InChI is InChI=1S/C25H31N3/c1-5-6-7-8-9-13-28-19(4)25(21-11-10-12-23(27)18(21)3)22-15-20(16-26)17(2)14-24(22)28/h10-12,14-15H,5-9,13,27H2,1-4H3. The minimum Gasteiger partial charge on any atom is -0.398 e. The first kappa shape index (κ1) is 20.0. The normalized spacial score (nSPS) is 11.1. The van der Waals surface area contributed by atoms with Gasteiger partial charge in [-0.1, -0.05) is 44.7 Å². The Labute approximate surface area is 168 Å². The van der Waals surface area contributed by atoms with E-state index in [1.54, 1.807) is 0 Å². The maximum absolute atomic E-state index is 9.56. The highest BCUT2D eigenvalue weighted by Gasteiger charge is 2.19. The van der Waals surface area contributed by atoms with Crippen LogP contribution in [0.4, 0.5) is 5.69 Å². The highest BCUT2D eigenvalue weighted by molar-refractivity contribution is 6.00. The molecule has 28 heavy (non-hydrogen) atoms. The van der Waals surface area contributed by atoms with Crippen LogP contribution in [-0.2, 0) is 6.54 Å². The van der Waals surface area contributed by atoms with Gasteiger partial charge in [0.05, 0.1) is 11.6 Å². The summed E-state index contributed by atoms with van der Waals surface area (Å²) in [6.45, 7) is 9.57. The fourth-order valence-electron chi connectivity index (χ4n) is 4.17. The number of benzene rings is 2. The number of unbranched alkanes of at least 4 members (excludes halogenated alkanes) is 4. The quantitative estimate of drug-likeness (QED) is 0.372. The first-order chi connectivity index (χ1) is 13.5. The molecule has 0 saturated heterocycles. The summed E-state index contributed by atoms with van der Waals surface area (Å²) in [6, 6.07) is 12.7. The van der Waals surface area contributed by atoms with Crippen molar-refractivity contribution in [1.82, 2.24) is 4.57 Å². The molecule has 0 spiro atoms. The number of anilines is 1. The second-order valence-electron chi connectivity index (χ2n) is 7.84. The summed E-state index contributed by atoms with van der Waals surface area (Å²) in [4.78, 5) is 0. The monoisotopic (exact) mass is 373 g/mol. The van der Waals surface area contributed by atoms with Crippen LogP contribution in [0.25, 0.3) is 22.0 Å². The molecule has 1 aromatic heterocycles. The van der Waals surface area contributed by atoms with Gasteiger partial charge < -0.3 is 10.3 Å². The first-order valence-electron chi connectivity index (χ1n) is 10.4. The topological polar surface area (TPSA) is 54.7 Å². The minimum absolute atomic E-state index is 0.746. The van der Waals surface area contributed by atoms with Crippen LogP contribution in [0.1, 0.15) is 61.4 Å². The van der Waals surface area contributed by atoms with Crippen LogP contribution in [0.5, 0.6) is 0 Å². The number of hydrogen-bond acceptors (Lipinski definition) is 2. The molecular formula is C25H31N3. The summed E-state index contributed by atoms with van der Waals surface area (Å²) in [6.07, 6.45) is 6.31. The molecule has 3 rings (SSSR count). The van der Waals surface area contributed by atoms with E-state index in [2.05, 4.69) is 49.6 Å². The summed E-state index contributed by atoms with van der Waals surface area (Å²) in [5.74, 6) is 0. The van der Waals surface area contributed by atoms with Gasteiger partial charge in [0.2, 0.25) is 0 Å². The summed E-state index contributed by atoms with van der Waals surface area (Å²) in [7, 11) is 0. The van der Waals surface area contributed by atoms with E-state index in [0.717, 1.165) is 34.3 Å². The van der Waals surface area contributed by atoms with Crippen LogP contribution in [0, 0.1) is 32.1 Å². The zero-order valence-corrected chi connectivity index (χ0v) is 17.6. The molecule has 3 aromatic rings. The number of nitrogen functional groups attached to an aromatic ring is 1. The summed E-state index contributed by atoms with van der Waals surface area (Å²) >= 11 is 0. The number of aromatic nitrogens is 1. The van der Waals surface area contributed by atoms with E-state index in [1.165, 1.54) is 54.4 Å². The van der Waals surface area contributed by atoms with Crippen molar-refractivity contribution in [2.45, 2.75) is 66.3 Å². The van der Waals surface area contributed by atoms with Gasteiger partial charge >= 0.3 is 0 Å². The molecule has 0 saturated carbocycles. The molecule has 3 nitrogen and oxygen atoms in total. The highest BCUT2D eigenvalue weighted by Crippen LogP contribution is 2.39. The van der Waals surface area contributed by atoms with E-state index in [9.17, 15) is 5.26 Å². The molecule has 1 heterocycles. The first-order valence-corrected chi connectivity index (χ1v) is 10.4. The van der Waals surface area contributed by atoms with Crippen molar-refractivity contribution in [3.05, 3.63) is 52.7 Å². The van der Waals surface area contributed by atoms with Gasteiger partial charge in [-0.05, 0) is 62.1 Å². The predicted octanol–water partition coefficient (Wildman–Crippen LogP) is 6.66. The van der Waals surface area contributed by atoms with Crippen LogP contribution in [-0.4, -0.2) is 4.57 Å². The van der Waals surface area contributed by atoms with Crippen LogP contribution in [0.2, 0.25) is 0 Å². The van der Waals surface area contributed by atoms with Crippen molar-refractivity contribution < 1.29 is 0 Å². The Balaban J connectivity index is 2.16. The lowest BCUT2D eigenvalue weighted by molar-refractivity contribution is 0.572. The molecule has 0 unspecified atom stereocenters. The van der Waals surface area contributed by atoms with Crippen LogP contribution < -0.4 is 5.73 Å². The smallest absolute Gasteiger partial charge is 0.0994 e. The lowest BCUT2D eigenvalue weighted by atomic mass is 9.95. The molecular weight excluding hydrogens is 342 g/mol. The third-order valence-corrected chi connectivity index (χ3v) is 5.92. The van der Waals surface area contributed by atoms with Gasteiger partial charge in [-0.3, -0.25) is 0 Å². The lowest BCUT2D eigenvalue weighted by Crippen LogP contribution is -2.01. The summed E-state index contributed by atoms with van der Waals surface area (Å²) in [5, 5.41) is 10.7. The number of rotatable bonds is 7. The second kappa shape index (κ2) is 8.52. The summed E-state index contributed by atoms with van der Waals surface area (Å²) < 4.78 is 2.44. The number of fused-ring (bicyclic) bond motifs is 1. The lowest BCUT2D eigenvalue weighted by Gasteiger charge is -2.11. The second-order valence-corrected chi connectivity index (χ2v) is 7.84. The van der Waals surface area contributed by atoms with E-state index >= 15 is 0 Å². The number of aryl methyl sites for hydroxylation is 2. The predicted molar refractivity (Wildman–Crippen MR) is 119 cm³/mol. The zero-order chi connectivity index (χ0) is 20.3. The van der Waals surface area contributed by atoms with Gasteiger partial charge in [0.1, 0.15) is 0 Å². The molecule has 0 aliphatic carbocycles. The van der Waals surface area contributed by atoms with Crippen LogP contribution in [0.15, 0.2) is 30.3 Å². The van der Waals surface area contributed by atoms with Crippen molar-refractivity contribution in [3.8, 4) is 17.2 Å². The molecule has 0 atom stereocenters. The van der Waals surface area contributed by atoms with Gasteiger partial charge in [0.15, 0.2) is 0 Å². The van der Waals surface area contributed by atoms with Gasteiger partial charge in [-0.15, -0.1) is 0 Å². The third kappa shape index (κ3) is 3.64. The van der Waals surface area contributed by atoms with Gasteiger partial charge in [0, 0.05) is 34.4 Å². The van der Waals surface area contributed by atoms with E-state index in [4.69, 9.17) is 5.73 Å². The maximum Gasteiger partial charge on any atom is 0.0994 e. The fourth-order valence-corrected chi connectivity index (χ4v) is 4.17. The van der Waals surface area contributed by atoms with Crippen molar-refractivity contribution >= 4 is 16.6 Å². The molecule has 2 N–H and O–H groups in total. The number of nitriles is 1. The molecule has 0 aliphatic rings. The van der Waals surface area contributed by atoms with Crippen molar-refractivity contribution in [1.29, 1.82) is 5.26 Å². The average Bonchev–Trinajstić information content (AvgIpc) is 2.94. The summed E-state index contributed by atoms with van der Waals surface area (Å²) in [5.41, 5.74) is 14.8. The molecule has 2 aromatic carbocycles. The van der Waals surface area contributed by atoms with Crippen molar-refractivity contribution in [3.63, 3.8) is 0 Å². The Morgan fingerprint density at radius 3 is 2.50 bits per heavy atom. The molecule has 0 radical (unpaired) electrons. The van der Waals surface area contributed by atoms with Crippen LogP contribution in [0.3, 0.4) is 0 Å². The number of nitrogens with zero attached hydrogens (tertiary/aromatic N) is 2. The van der Waals surface area contributed by atoms with E-state index < -0.39 is 0 Å². The Morgan fingerprint density at radius 1 is 1.04 bits per heavy atom. The Bertz CT molecular complexity index is 1030. The molecule has 0 aliphatic heterocycles. The van der Waals surface area contributed by atoms with E-state index in [0.29, 0.717) is 0 Å². The van der Waals surface area contributed by atoms with E-state index in [-0.39, 0.29) is 0 Å². The van der Waals surface area contributed by atoms with Crippen molar-refractivity contribution in [2.24, 2.45) is 0 Å². The molecule has 0 bridgehead atoms. The van der Waals surface area contributed by atoms with Crippen LogP contribution >= 0.6 is 0 Å². The Morgan fingerprint density at radius 2 is 1.79 bits per heavy atom. The largest absolute Gasteiger partial charge is 0.398 e. The van der Waals surface area contributed by atoms with E-state index in [1.807, 2.05) is 19.1 Å². The maximum atomic E-state index is 9.56.